The zero-order valence-electron chi connectivity index (χ0n) is 10.2. The number of hydrogen-bond acceptors (Lipinski definition) is 1. The van der Waals surface area contributed by atoms with Crippen LogP contribution in [-0.2, 0) is 0 Å². The molecular weight excluding hydrogens is 170 g/mol. The van der Waals surface area contributed by atoms with Gasteiger partial charge in [0, 0.05) is 12.6 Å². The lowest BCUT2D eigenvalue weighted by atomic mass is 9.69. The Bertz CT molecular complexity index is 204. The van der Waals surface area contributed by atoms with E-state index in [2.05, 4.69) is 32.7 Å². The van der Waals surface area contributed by atoms with Gasteiger partial charge in [-0.05, 0) is 37.1 Å². The third-order valence-corrected chi connectivity index (χ3v) is 4.46. The molecule has 1 aliphatic heterocycles. The minimum Gasteiger partial charge on any atom is -0.303 e. The van der Waals surface area contributed by atoms with E-state index < -0.39 is 0 Å². The first-order chi connectivity index (χ1) is 6.50. The lowest BCUT2D eigenvalue weighted by Crippen LogP contribution is -2.33. The second-order valence-electron chi connectivity index (χ2n) is 6.43. The van der Waals surface area contributed by atoms with E-state index in [1.54, 1.807) is 0 Å². The van der Waals surface area contributed by atoms with Gasteiger partial charge in [-0.2, -0.15) is 0 Å². The van der Waals surface area contributed by atoms with Gasteiger partial charge in [-0.25, -0.2) is 0 Å². The van der Waals surface area contributed by atoms with E-state index in [-0.39, 0.29) is 0 Å². The number of rotatable bonds is 0. The summed E-state index contributed by atoms with van der Waals surface area (Å²) in [6.45, 7) is 8.59. The van der Waals surface area contributed by atoms with E-state index >= 15 is 0 Å². The summed E-state index contributed by atoms with van der Waals surface area (Å²) in [7, 11) is 2.33. The van der Waals surface area contributed by atoms with Crippen molar-refractivity contribution in [3.63, 3.8) is 0 Å². The summed E-state index contributed by atoms with van der Waals surface area (Å²) in [6.07, 6.45) is 5.87. The first-order valence-electron chi connectivity index (χ1n) is 6.20. The van der Waals surface area contributed by atoms with Crippen molar-refractivity contribution in [1.82, 2.24) is 4.90 Å². The highest BCUT2D eigenvalue weighted by Crippen LogP contribution is 2.46. The van der Waals surface area contributed by atoms with E-state index in [0.717, 1.165) is 17.9 Å². The fourth-order valence-electron chi connectivity index (χ4n) is 3.65. The minimum atomic E-state index is 0.505. The van der Waals surface area contributed by atoms with Crippen LogP contribution in [-0.4, -0.2) is 24.5 Å². The molecule has 0 aromatic carbocycles. The monoisotopic (exact) mass is 195 g/mol. The lowest BCUT2D eigenvalue weighted by Gasteiger charge is -2.36. The average Bonchev–Trinajstić information content (AvgIpc) is 2.44. The Balaban J connectivity index is 2.14. The van der Waals surface area contributed by atoms with E-state index in [1.807, 2.05) is 0 Å². The van der Waals surface area contributed by atoms with Gasteiger partial charge in [0.05, 0.1) is 0 Å². The third kappa shape index (κ3) is 1.71. The van der Waals surface area contributed by atoms with Crippen molar-refractivity contribution in [3.05, 3.63) is 0 Å². The lowest BCUT2D eigenvalue weighted by molar-refractivity contribution is 0.157. The maximum atomic E-state index is 2.62. The van der Waals surface area contributed by atoms with Gasteiger partial charge in [0.2, 0.25) is 0 Å². The van der Waals surface area contributed by atoms with Crippen molar-refractivity contribution in [2.75, 3.05) is 13.6 Å². The topological polar surface area (TPSA) is 3.24 Å². The Morgan fingerprint density at radius 3 is 2.36 bits per heavy atom. The van der Waals surface area contributed by atoms with Crippen molar-refractivity contribution in [3.8, 4) is 0 Å². The summed E-state index contributed by atoms with van der Waals surface area (Å²) in [6, 6.07) is 0.910. The molecule has 3 atom stereocenters. The molecule has 2 aliphatic rings. The zero-order chi connectivity index (χ0) is 10.3. The highest BCUT2D eigenvalue weighted by Gasteiger charge is 2.45. The van der Waals surface area contributed by atoms with Crippen molar-refractivity contribution in [2.45, 2.75) is 52.5 Å². The molecule has 1 heterocycles. The molecule has 0 bridgehead atoms. The standard InChI is InChI=1S/C13H25N/c1-13(2,3)11-9-14(4)12-8-6-5-7-10(11)12/h10-12H,5-9H2,1-4H3/t10-,11+,12+/m1/s1. The van der Waals surface area contributed by atoms with Crippen LogP contribution >= 0.6 is 0 Å². The molecule has 1 saturated carbocycles. The van der Waals surface area contributed by atoms with Crippen LogP contribution in [0.1, 0.15) is 46.5 Å². The van der Waals surface area contributed by atoms with Crippen LogP contribution in [0.4, 0.5) is 0 Å². The van der Waals surface area contributed by atoms with Crippen LogP contribution in [0.15, 0.2) is 0 Å². The molecule has 1 aliphatic carbocycles. The number of nitrogens with zero attached hydrogens (tertiary/aromatic N) is 1. The number of likely N-dealkylation sites (tertiary alicyclic amines) is 1. The Hall–Kier alpha value is -0.0400. The van der Waals surface area contributed by atoms with E-state index in [4.69, 9.17) is 0 Å². The van der Waals surface area contributed by atoms with Crippen LogP contribution in [0.3, 0.4) is 0 Å². The number of fused-ring (bicyclic) bond motifs is 1. The van der Waals surface area contributed by atoms with Crippen LogP contribution in [0, 0.1) is 17.3 Å². The molecule has 82 valence electrons. The maximum Gasteiger partial charge on any atom is 0.0124 e. The summed E-state index contributed by atoms with van der Waals surface area (Å²) in [5.41, 5.74) is 0.505. The fraction of sp³-hybridized carbons (Fsp3) is 1.00. The minimum absolute atomic E-state index is 0.505. The molecule has 0 amide bonds. The average molecular weight is 195 g/mol. The van der Waals surface area contributed by atoms with E-state index in [0.29, 0.717) is 5.41 Å². The molecule has 0 aromatic heterocycles. The second kappa shape index (κ2) is 3.52. The highest BCUT2D eigenvalue weighted by molar-refractivity contribution is 4.97. The molecule has 0 spiro atoms. The normalized spacial score (nSPS) is 39.9. The Kier molecular flexibility index (Phi) is 2.63. The smallest absolute Gasteiger partial charge is 0.0124 e. The van der Waals surface area contributed by atoms with Crippen molar-refractivity contribution < 1.29 is 0 Å². The van der Waals surface area contributed by atoms with Gasteiger partial charge < -0.3 is 4.90 Å². The highest BCUT2D eigenvalue weighted by atomic mass is 15.2. The van der Waals surface area contributed by atoms with Crippen molar-refractivity contribution in [1.29, 1.82) is 0 Å². The van der Waals surface area contributed by atoms with Gasteiger partial charge in [0.15, 0.2) is 0 Å². The fourth-order valence-corrected chi connectivity index (χ4v) is 3.65. The van der Waals surface area contributed by atoms with Gasteiger partial charge in [-0.15, -0.1) is 0 Å². The van der Waals surface area contributed by atoms with Crippen LogP contribution < -0.4 is 0 Å². The molecule has 1 heteroatoms. The molecule has 2 rings (SSSR count). The molecule has 1 nitrogen and oxygen atoms in total. The van der Waals surface area contributed by atoms with Gasteiger partial charge in [0.1, 0.15) is 0 Å². The Labute approximate surface area is 88.9 Å². The predicted molar refractivity (Wildman–Crippen MR) is 61.3 cm³/mol. The summed E-state index contributed by atoms with van der Waals surface area (Å²) in [4.78, 5) is 2.62. The Morgan fingerprint density at radius 1 is 1.07 bits per heavy atom. The SMILES string of the molecule is CN1C[C@H](C(C)(C)C)[C@H]2CCCC[C@@H]21. The summed E-state index contributed by atoms with van der Waals surface area (Å²) >= 11 is 0. The summed E-state index contributed by atoms with van der Waals surface area (Å²) < 4.78 is 0. The number of hydrogen-bond donors (Lipinski definition) is 0. The molecule has 0 radical (unpaired) electrons. The van der Waals surface area contributed by atoms with E-state index in [1.165, 1.54) is 32.2 Å². The van der Waals surface area contributed by atoms with Crippen LogP contribution in [0.5, 0.6) is 0 Å². The predicted octanol–water partition coefficient (Wildman–Crippen LogP) is 3.15. The van der Waals surface area contributed by atoms with Gasteiger partial charge >= 0.3 is 0 Å². The quantitative estimate of drug-likeness (QED) is 0.574. The molecular formula is C13H25N. The first kappa shape index (κ1) is 10.5. The van der Waals surface area contributed by atoms with Crippen LogP contribution in [0.2, 0.25) is 0 Å². The van der Waals surface area contributed by atoms with Gasteiger partial charge in [-0.3, -0.25) is 0 Å². The molecule has 0 unspecified atom stereocenters. The second-order valence-corrected chi connectivity index (χ2v) is 6.43. The molecule has 1 saturated heterocycles. The molecule has 2 fully saturated rings. The summed E-state index contributed by atoms with van der Waals surface area (Å²) in [5, 5.41) is 0. The zero-order valence-corrected chi connectivity index (χ0v) is 10.2. The Morgan fingerprint density at radius 2 is 1.71 bits per heavy atom. The first-order valence-corrected chi connectivity index (χ1v) is 6.20. The van der Waals surface area contributed by atoms with E-state index in [9.17, 15) is 0 Å². The molecule has 14 heavy (non-hydrogen) atoms. The molecule has 0 aromatic rings. The summed E-state index contributed by atoms with van der Waals surface area (Å²) in [5.74, 6) is 1.92. The van der Waals surface area contributed by atoms with Crippen molar-refractivity contribution in [2.24, 2.45) is 17.3 Å². The third-order valence-electron chi connectivity index (χ3n) is 4.46. The molecule has 0 N–H and O–H groups in total. The largest absolute Gasteiger partial charge is 0.303 e. The van der Waals surface area contributed by atoms with Crippen LogP contribution in [0.25, 0.3) is 0 Å². The maximum absolute atomic E-state index is 2.62. The van der Waals surface area contributed by atoms with Gasteiger partial charge in [0.25, 0.3) is 0 Å². The van der Waals surface area contributed by atoms with Gasteiger partial charge in [-0.1, -0.05) is 33.6 Å². The van der Waals surface area contributed by atoms with Crippen molar-refractivity contribution >= 4 is 0 Å².